The van der Waals surface area contributed by atoms with E-state index in [4.69, 9.17) is 25.8 Å². The average Bonchev–Trinajstić information content (AvgIpc) is 2.63. The number of hydrogen-bond acceptors (Lipinski definition) is 5. The molecule has 0 saturated carbocycles. The third-order valence-corrected chi connectivity index (χ3v) is 3.95. The van der Waals surface area contributed by atoms with Crippen LogP contribution >= 0.6 is 11.6 Å². The van der Waals surface area contributed by atoms with E-state index in [2.05, 4.69) is 10.6 Å². The lowest BCUT2D eigenvalue weighted by molar-refractivity contribution is -0.116. The molecular formula is C20H25ClN2O4. The van der Waals surface area contributed by atoms with Crippen LogP contribution < -0.4 is 24.8 Å². The Morgan fingerprint density at radius 2 is 1.74 bits per heavy atom. The van der Waals surface area contributed by atoms with Crippen LogP contribution in [-0.4, -0.2) is 32.8 Å². The number of hydrogen-bond donors (Lipinski definition) is 2. The third-order valence-electron chi connectivity index (χ3n) is 3.66. The first-order valence-corrected chi connectivity index (χ1v) is 9.02. The van der Waals surface area contributed by atoms with Crippen molar-refractivity contribution in [3.05, 3.63) is 41.4 Å². The van der Waals surface area contributed by atoms with E-state index in [0.717, 1.165) is 11.4 Å². The average molecular weight is 393 g/mol. The number of amides is 1. The second-order valence-corrected chi connectivity index (χ2v) is 6.51. The summed E-state index contributed by atoms with van der Waals surface area (Å²) in [6.07, 6.45) is 0.425. The highest BCUT2D eigenvalue weighted by atomic mass is 35.5. The van der Waals surface area contributed by atoms with E-state index in [1.807, 2.05) is 38.1 Å². The molecular weight excluding hydrogens is 368 g/mol. The first kappa shape index (κ1) is 20.7. The number of ether oxygens (including phenoxy) is 3. The van der Waals surface area contributed by atoms with Gasteiger partial charge in [0.25, 0.3) is 0 Å². The minimum absolute atomic E-state index is 0.135. The lowest BCUT2D eigenvalue weighted by atomic mass is 10.2. The van der Waals surface area contributed by atoms with Gasteiger partial charge in [0, 0.05) is 30.8 Å². The van der Waals surface area contributed by atoms with Crippen molar-refractivity contribution in [2.75, 3.05) is 31.4 Å². The molecule has 0 spiro atoms. The Balaban J connectivity index is 1.87. The van der Waals surface area contributed by atoms with Crippen LogP contribution in [0, 0.1) is 0 Å². The number of carbonyl (C=O) groups is 1. The summed E-state index contributed by atoms with van der Waals surface area (Å²) in [5.74, 6) is 1.61. The fraction of sp³-hybridized carbons (Fsp3) is 0.350. The second-order valence-electron chi connectivity index (χ2n) is 6.10. The van der Waals surface area contributed by atoms with Gasteiger partial charge in [0.2, 0.25) is 5.91 Å². The van der Waals surface area contributed by atoms with E-state index in [-0.39, 0.29) is 12.0 Å². The normalized spacial score (nSPS) is 10.4. The summed E-state index contributed by atoms with van der Waals surface area (Å²) in [5.41, 5.74) is 1.43. The molecule has 0 atom stereocenters. The van der Waals surface area contributed by atoms with Gasteiger partial charge in [-0.3, -0.25) is 4.79 Å². The molecule has 146 valence electrons. The predicted molar refractivity (Wildman–Crippen MR) is 108 cm³/mol. The molecule has 0 fully saturated rings. The van der Waals surface area contributed by atoms with Gasteiger partial charge in [-0.2, -0.15) is 0 Å². The predicted octanol–water partition coefficient (Wildman–Crippen LogP) is 4.59. The maximum absolute atomic E-state index is 12.2. The van der Waals surface area contributed by atoms with Crippen LogP contribution in [0.3, 0.4) is 0 Å². The highest BCUT2D eigenvalue weighted by molar-refractivity contribution is 6.32. The maximum Gasteiger partial charge on any atom is 0.226 e. The number of halogens is 1. The Labute approximate surface area is 164 Å². The SMILES string of the molecule is COc1cc(NC(=O)CCNc2ccc(OC(C)C)cc2)c(OC)cc1Cl. The van der Waals surface area contributed by atoms with Gasteiger partial charge in [0.05, 0.1) is 31.0 Å². The summed E-state index contributed by atoms with van der Waals surface area (Å²) in [6, 6.07) is 10.9. The summed E-state index contributed by atoms with van der Waals surface area (Å²) in [4.78, 5) is 12.2. The standard InChI is InChI=1S/C20H25ClN2O4/c1-13(2)27-15-7-5-14(6-8-15)22-10-9-20(24)23-17-12-18(25-3)16(21)11-19(17)26-4/h5-8,11-13,22H,9-10H2,1-4H3,(H,23,24). The van der Waals surface area contributed by atoms with E-state index in [0.29, 0.717) is 35.2 Å². The largest absolute Gasteiger partial charge is 0.495 e. The molecule has 0 aliphatic carbocycles. The van der Waals surface area contributed by atoms with Gasteiger partial charge in [-0.25, -0.2) is 0 Å². The molecule has 2 rings (SSSR count). The van der Waals surface area contributed by atoms with Gasteiger partial charge in [-0.15, -0.1) is 0 Å². The molecule has 0 radical (unpaired) electrons. The molecule has 0 aromatic heterocycles. The van der Waals surface area contributed by atoms with Crippen molar-refractivity contribution in [1.29, 1.82) is 0 Å². The summed E-state index contributed by atoms with van der Waals surface area (Å²) < 4.78 is 16.0. The molecule has 0 aliphatic rings. The Kier molecular flexibility index (Phi) is 7.61. The molecule has 27 heavy (non-hydrogen) atoms. The van der Waals surface area contributed by atoms with E-state index >= 15 is 0 Å². The number of anilines is 2. The smallest absolute Gasteiger partial charge is 0.226 e. The van der Waals surface area contributed by atoms with Crippen molar-refractivity contribution in [2.45, 2.75) is 26.4 Å². The molecule has 0 bridgehead atoms. The van der Waals surface area contributed by atoms with E-state index in [1.165, 1.54) is 14.2 Å². The maximum atomic E-state index is 12.2. The van der Waals surface area contributed by atoms with Gasteiger partial charge in [-0.1, -0.05) is 11.6 Å². The van der Waals surface area contributed by atoms with Gasteiger partial charge in [0.1, 0.15) is 17.2 Å². The second kappa shape index (κ2) is 9.92. The van der Waals surface area contributed by atoms with Crippen molar-refractivity contribution >= 4 is 28.9 Å². The summed E-state index contributed by atoms with van der Waals surface area (Å²) in [6.45, 7) is 4.45. The first-order valence-electron chi connectivity index (χ1n) is 8.65. The van der Waals surface area contributed by atoms with Crippen LogP contribution in [0.4, 0.5) is 11.4 Å². The molecule has 2 N–H and O–H groups in total. The van der Waals surface area contributed by atoms with Crippen LogP contribution in [0.5, 0.6) is 17.2 Å². The fourth-order valence-electron chi connectivity index (χ4n) is 2.41. The fourth-order valence-corrected chi connectivity index (χ4v) is 2.65. The monoisotopic (exact) mass is 392 g/mol. The van der Waals surface area contributed by atoms with Crippen LogP contribution in [0.15, 0.2) is 36.4 Å². The zero-order valence-electron chi connectivity index (χ0n) is 16.0. The highest BCUT2D eigenvalue weighted by Gasteiger charge is 2.12. The molecule has 6 nitrogen and oxygen atoms in total. The van der Waals surface area contributed by atoms with Crippen LogP contribution in [0.25, 0.3) is 0 Å². The molecule has 2 aromatic carbocycles. The zero-order chi connectivity index (χ0) is 19.8. The number of methoxy groups -OCH3 is 2. The number of rotatable bonds is 9. The zero-order valence-corrected chi connectivity index (χ0v) is 16.7. The van der Waals surface area contributed by atoms with Crippen molar-refractivity contribution in [2.24, 2.45) is 0 Å². The first-order chi connectivity index (χ1) is 12.9. The summed E-state index contributed by atoms with van der Waals surface area (Å²) in [5, 5.41) is 6.44. The van der Waals surface area contributed by atoms with Gasteiger partial charge >= 0.3 is 0 Å². The molecule has 0 heterocycles. The minimum atomic E-state index is -0.148. The quantitative estimate of drug-likeness (QED) is 0.653. The number of benzene rings is 2. The molecule has 0 aliphatic heterocycles. The molecule has 0 unspecified atom stereocenters. The Morgan fingerprint density at radius 3 is 2.33 bits per heavy atom. The molecule has 2 aromatic rings. The summed E-state index contributed by atoms with van der Waals surface area (Å²) >= 11 is 6.07. The van der Waals surface area contributed by atoms with Crippen molar-refractivity contribution in [3.8, 4) is 17.2 Å². The Bertz CT molecular complexity index is 763. The highest BCUT2D eigenvalue weighted by Crippen LogP contribution is 2.35. The number of nitrogens with one attached hydrogen (secondary N) is 2. The molecule has 0 saturated heterocycles. The van der Waals surface area contributed by atoms with E-state index < -0.39 is 0 Å². The Morgan fingerprint density at radius 1 is 1.07 bits per heavy atom. The van der Waals surface area contributed by atoms with E-state index in [1.54, 1.807) is 12.1 Å². The minimum Gasteiger partial charge on any atom is -0.495 e. The number of carbonyl (C=O) groups excluding carboxylic acids is 1. The van der Waals surface area contributed by atoms with Crippen LogP contribution in [0.1, 0.15) is 20.3 Å². The van der Waals surface area contributed by atoms with Crippen LogP contribution in [0.2, 0.25) is 5.02 Å². The van der Waals surface area contributed by atoms with Crippen molar-refractivity contribution in [3.63, 3.8) is 0 Å². The topological polar surface area (TPSA) is 68.8 Å². The van der Waals surface area contributed by atoms with Gasteiger partial charge in [0.15, 0.2) is 0 Å². The molecule has 1 amide bonds. The van der Waals surface area contributed by atoms with E-state index in [9.17, 15) is 4.79 Å². The third kappa shape index (κ3) is 6.25. The lowest BCUT2D eigenvalue weighted by Crippen LogP contribution is -2.16. The van der Waals surface area contributed by atoms with Crippen molar-refractivity contribution in [1.82, 2.24) is 0 Å². The van der Waals surface area contributed by atoms with Crippen molar-refractivity contribution < 1.29 is 19.0 Å². The summed E-state index contributed by atoms with van der Waals surface area (Å²) in [7, 11) is 3.03. The molecule has 7 heteroatoms. The Hall–Kier alpha value is -2.60. The van der Waals surface area contributed by atoms with Gasteiger partial charge in [-0.05, 0) is 38.1 Å². The lowest BCUT2D eigenvalue weighted by Gasteiger charge is -2.14. The van der Waals surface area contributed by atoms with Gasteiger partial charge < -0.3 is 24.8 Å². The van der Waals surface area contributed by atoms with Crippen LogP contribution in [-0.2, 0) is 4.79 Å².